The van der Waals surface area contributed by atoms with Crippen LogP contribution < -0.4 is 10.9 Å². The second-order valence-electron chi connectivity index (χ2n) is 4.61. The number of aromatic amines is 1. The highest BCUT2D eigenvalue weighted by Gasteiger charge is 2.10. The van der Waals surface area contributed by atoms with Gasteiger partial charge in [0.05, 0.1) is 11.4 Å². The SMILES string of the molecule is CCc1c(C)nc(SCC(=O)Nc2ccccc2Br)[nH]c1=O. The van der Waals surface area contributed by atoms with Crippen molar-refractivity contribution >= 4 is 39.3 Å². The van der Waals surface area contributed by atoms with Crippen molar-refractivity contribution in [1.29, 1.82) is 0 Å². The summed E-state index contributed by atoms with van der Waals surface area (Å²) in [5.74, 6) is 0.0200. The maximum absolute atomic E-state index is 12.0. The van der Waals surface area contributed by atoms with Crippen LogP contribution in [-0.2, 0) is 11.2 Å². The molecule has 0 aliphatic carbocycles. The molecule has 5 nitrogen and oxygen atoms in total. The Bertz CT molecular complexity index is 746. The van der Waals surface area contributed by atoms with Crippen LogP contribution >= 0.6 is 27.7 Å². The molecule has 0 aliphatic rings. The van der Waals surface area contributed by atoms with Crippen LogP contribution in [0.25, 0.3) is 0 Å². The standard InChI is InChI=1S/C15H16BrN3O2S/c1-3-10-9(2)17-15(19-14(10)21)22-8-13(20)18-12-7-5-4-6-11(12)16/h4-7H,3,8H2,1-2H3,(H,18,20)(H,17,19,21). The number of anilines is 1. The number of carbonyl (C=O) groups is 1. The molecule has 2 N–H and O–H groups in total. The predicted molar refractivity (Wildman–Crippen MR) is 92.5 cm³/mol. The molecular weight excluding hydrogens is 366 g/mol. The van der Waals surface area contributed by atoms with Gasteiger partial charge in [-0.15, -0.1) is 0 Å². The van der Waals surface area contributed by atoms with Crippen LogP contribution in [0, 0.1) is 6.92 Å². The molecule has 7 heteroatoms. The lowest BCUT2D eigenvalue weighted by molar-refractivity contribution is -0.113. The van der Waals surface area contributed by atoms with E-state index < -0.39 is 0 Å². The Kier molecular flexibility index (Phi) is 5.79. The van der Waals surface area contributed by atoms with E-state index in [0.717, 1.165) is 4.47 Å². The van der Waals surface area contributed by atoms with Gasteiger partial charge >= 0.3 is 0 Å². The summed E-state index contributed by atoms with van der Waals surface area (Å²) in [7, 11) is 0. The molecule has 0 saturated heterocycles. The first kappa shape index (κ1) is 16.8. The van der Waals surface area contributed by atoms with Gasteiger partial charge < -0.3 is 10.3 Å². The number of H-pyrrole nitrogens is 1. The Labute approximate surface area is 141 Å². The maximum Gasteiger partial charge on any atom is 0.254 e. The highest BCUT2D eigenvalue weighted by atomic mass is 79.9. The number of benzene rings is 1. The van der Waals surface area contributed by atoms with Gasteiger partial charge in [0.25, 0.3) is 5.56 Å². The van der Waals surface area contributed by atoms with Gasteiger partial charge in [-0.3, -0.25) is 9.59 Å². The first-order valence-electron chi connectivity index (χ1n) is 6.78. The topological polar surface area (TPSA) is 74.8 Å². The molecule has 1 amide bonds. The van der Waals surface area contributed by atoms with Gasteiger partial charge in [-0.1, -0.05) is 30.8 Å². The lowest BCUT2D eigenvalue weighted by Crippen LogP contribution is -2.18. The summed E-state index contributed by atoms with van der Waals surface area (Å²) in [6.07, 6.45) is 0.641. The third-order valence-corrected chi connectivity index (χ3v) is 4.61. The van der Waals surface area contributed by atoms with Gasteiger partial charge in [0.1, 0.15) is 0 Å². The molecule has 1 aromatic heterocycles. The van der Waals surface area contributed by atoms with Gasteiger partial charge in [0, 0.05) is 15.7 Å². The predicted octanol–water partition coefficient (Wildman–Crippen LogP) is 3.13. The summed E-state index contributed by atoms with van der Waals surface area (Å²) in [5, 5.41) is 3.27. The number of amides is 1. The molecule has 2 aromatic rings. The van der Waals surface area contributed by atoms with Crippen molar-refractivity contribution in [1.82, 2.24) is 9.97 Å². The summed E-state index contributed by atoms with van der Waals surface area (Å²) in [6, 6.07) is 7.39. The largest absolute Gasteiger partial charge is 0.324 e. The van der Waals surface area contributed by atoms with E-state index >= 15 is 0 Å². The Hall–Kier alpha value is -1.60. The number of hydrogen-bond acceptors (Lipinski definition) is 4. The maximum atomic E-state index is 12.0. The van der Waals surface area contributed by atoms with Gasteiger partial charge in [-0.25, -0.2) is 4.98 Å². The van der Waals surface area contributed by atoms with Crippen molar-refractivity contribution in [2.75, 3.05) is 11.1 Å². The normalized spacial score (nSPS) is 10.5. The van der Waals surface area contributed by atoms with Crippen molar-refractivity contribution in [3.63, 3.8) is 0 Å². The van der Waals surface area contributed by atoms with Crippen LogP contribution in [0.15, 0.2) is 38.7 Å². The van der Waals surface area contributed by atoms with Crippen molar-refractivity contribution in [2.45, 2.75) is 25.4 Å². The Morgan fingerprint density at radius 2 is 2.14 bits per heavy atom. The second kappa shape index (κ2) is 7.60. The molecule has 1 aromatic carbocycles. The van der Waals surface area contributed by atoms with Crippen LogP contribution in [0.1, 0.15) is 18.2 Å². The van der Waals surface area contributed by atoms with Crippen molar-refractivity contribution < 1.29 is 4.79 Å². The molecular formula is C15H16BrN3O2S. The van der Waals surface area contributed by atoms with E-state index in [1.807, 2.05) is 31.2 Å². The van der Waals surface area contributed by atoms with Gasteiger partial charge in [-0.2, -0.15) is 0 Å². The molecule has 0 spiro atoms. The summed E-state index contributed by atoms with van der Waals surface area (Å²) >= 11 is 4.58. The highest BCUT2D eigenvalue weighted by Crippen LogP contribution is 2.21. The summed E-state index contributed by atoms with van der Waals surface area (Å²) in [4.78, 5) is 30.8. The molecule has 2 rings (SSSR count). The minimum atomic E-state index is -0.156. The van der Waals surface area contributed by atoms with Gasteiger partial charge in [0.2, 0.25) is 5.91 Å². The molecule has 116 valence electrons. The second-order valence-corrected chi connectivity index (χ2v) is 6.42. The van der Waals surface area contributed by atoms with E-state index in [1.54, 1.807) is 6.92 Å². The van der Waals surface area contributed by atoms with Crippen LogP contribution in [-0.4, -0.2) is 21.6 Å². The fourth-order valence-corrected chi connectivity index (χ4v) is 3.04. The van der Waals surface area contributed by atoms with Crippen molar-refractivity contribution in [3.05, 3.63) is 50.3 Å². The number of hydrogen-bond donors (Lipinski definition) is 2. The quantitative estimate of drug-likeness (QED) is 0.616. The van der Waals surface area contributed by atoms with Crippen LogP contribution in [0.4, 0.5) is 5.69 Å². The van der Waals surface area contributed by atoms with Crippen LogP contribution in [0.3, 0.4) is 0 Å². The lowest BCUT2D eigenvalue weighted by atomic mass is 10.2. The van der Waals surface area contributed by atoms with E-state index in [1.165, 1.54) is 11.8 Å². The first-order chi connectivity index (χ1) is 10.5. The fourth-order valence-electron chi connectivity index (χ4n) is 1.95. The smallest absolute Gasteiger partial charge is 0.254 e. The Morgan fingerprint density at radius 3 is 2.77 bits per heavy atom. The van der Waals surface area contributed by atoms with Crippen LogP contribution in [0.2, 0.25) is 0 Å². The average Bonchev–Trinajstić information content (AvgIpc) is 2.47. The Balaban J connectivity index is 2.00. The van der Waals surface area contributed by atoms with Crippen LogP contribution in [0.5, 0.6) is 0 Å². The number of rotatable bonds is 5. The summed E-state index contributed by atoms with van der Waals surface area (Å²) < 4.78 is 0.822. The van der Waals surface area contributed by atoms with Gasteiger partial charge in [-0.05, 0) is 41.4 Å². The molecule has 0 unspecified atom stereocenters. The monoisotopic (exact) mass is 381 g/mol. The van der Waals surface area contributed by atoms with Crippen molar-refractivity contribution in [3.8, 4) is 0 Å². The summed E-state index contributed by atoms with van der Waals surface area (Å²) in [6.45, 7) is 3.72. The van der Waals surface area contributed by atoms with E-state index in [4.69, 9.17) is 0 Å². The minimum absolute atomic E-state index is 0.135. The first-order valence-corrected chi connectivity index (χ1v) is 8.56. The number of nitrogens with zero attached hydrogens (tertiary/aromatic N) is 1. The zero-order chi connectivity index (χ0) is 16.1. The number of halogens is 1. The number of carbonyl (C=O) groups excluding carboxylic acids is 1. The number of nitrogens with one attached hydrogen (secondary N) is 2. The van der Waals surface area contributed by atoms with E-state index in [2.05, 4.69) is 31.2 Å². The summed E-state index contributed by atoms with van der Waals surface area (Å²) in [5.41, 5.74) is 1.97. The highest BCUT2D eigenvalue weighted by molar-refractivity contribution is 9.10. The third-order valence-electron chi connectivity index (χ3n) is 3.04. The average molecular weight is 382 g/mol. The third kappa shape index (κ3) is 4.20. The molecule has 1 heterocycles. The number of aryl methyl sites for hydroxylation is 1. The minimum Gasteiger partial charge on any atom is -0.324 e. The molecule has 22 heavy (non-hydrogen) atoms. The molecule has 0 aliphatic heterocycles. The molecule has 0 fully saturated rings. The molecule has 0 atom stereocenters. The van der Waals surface area contributed by atoms with Crippen molar-refractivity contribution in [2.24, 2.45) is 0 Å². The fraction of sp³-hybridized carbons (Fsp3) is 0.267. The number of aromatic nitrogens is 2. The Morgan fingerprint density at radius 1 is 1.41 bits per heavy atom. The van der Waals surface area contributed by atoms with E-state index in [9.17, 15) is 9.59 Å². The zero-order valence-corrected chi connectivity index (χ0v) is 14.7. The van der Waals surface area contributed by atoms with Gasteiger partial charge in [0.15, 0.2) is 5.16 Å². The molecule has 0 bridgehead atoms. The molecule has 0 saturated carbocycles. The number of para-hydroxylation sites is 1. The number of thioether (sulfide) groups is 1. The lowest BCUT2D eigenvalue weighted by Gasteiger charge is -2.07. The van der Waals surface area contributed by atoms with E-state index in [-0.39, 0.29) is 17.2 Å². The zero-order valence-electron chi connectivity index (χ0n) is 12.3. The molecule has 0 radical (unpaired) electrons. The van der Waals surface area contributed by atoms with E-state index in [0.29, 0.717) is 28.5 Å².